The molecule has 0 saturated heterocycles. The van der Waals surface area contributed by atoms with Gasteiger partial charge in [-0.05, 0) is 63.3 Å². The summed E-state index contributed by atoms with van der Waals surface area (Å²) in [5.41, 5.74) is 3.72. The molecule has 5 aromatic rings. The SMILES string of the molecule is Cn1nnnc1SCC(=O)Nc1ccc(-c2nc3ccc(NC(=O)CSc4nnnn4C)cc3[nH]2)cc1. The zero-order valence-electron chi connectivity index (χ0n) is 19.6. The standard InChI is InChI=1S/C21H20N12O2S2/c1-32-20(26-28-30-32)36-10-17(34)22-13-5-3-12(4-6-13)19-24-15-8-7-14(9-16(15)25-19)23-18(35)11-37-21-27-29-31-33(21)2/h3-9H,10-11H2,1-2H3,(H,22,34)(H,23,35)(H,24,25). The molecular weight excluding hydrogens is 516 g/mol. The van der Waals surface area contributed by atoms with Crippen molar-refractivity contribution in [1.29, 1.82) is 0 Å². The monoisotopic (exact) mass is 536 g/mol. The Balaban J connectivity index is 1.18. The van der Waals surface area contributed by atoms with Crippen LogP contribution in [0.4, 0.5) is 11.4 Å². The molecule has 188 valence electrons. The topological polar surface area (TPSA) is 174 Å². The van der Waals surface area contributed by atoms with Crippen LogP contribution in [0, 0.1) is 0 Å². The van der Waals surface area contributed by atoms with Crippen LogP contribution < -0.4 is 10.6 Å². The first-order chi connectivity index (χ1) is 17.9. The number of aryl methyl sites for hydroxylation is 2. The quantitative estimate of drug-likeness (QED) is 0.234. The van der Waals surface area contributed by atoms with Gasteiger partial charge in [-0.15, -0.1) is 10.2 Å². The Morgan fingerprint density at radius 2 is 1.41 bits per heavy atom. The first-order valence-corrected chi connectivity index (χ1v) is 12.8. The highest BCUT2D eigenvalue weighted by molar-refractivity contribution is 8.00. The largest absolute Gasteiger partial charge is 0.338 e. The number of aromatic amines is 1. The van der Waals surface area contributed by atoms with E-state index in [0.717, 1.165) is 16.6 Å². The summed E-state index contributed by atoms with van der Waals surface area (Å²) in [5, 5.41) is 29.1. The van der Waals surface area contributed by atoms with E-state index in [1.807, 2.05) is 36.4 Å². The number of carbonyl (C=O) groups is 2. The van der Waals surface area contributed by atoms with E-state index in [1.54, 1.807) is 20.2 Å². The molecule has 0 unspecified atom stereocenters. The van der Waals surface area contributed by atoms with Gasteiger partial charge >= 0.3 is 0 Å². The van der Waals surface area contributed by atoms with E-state index in [1.165, 1.54) is 32.9 Å². The third-order valence-corrected chi connectivity index (χ3v) is 7.06. The van der Waals surface area contributed by atoms with E-state index in [-0.39, 0.29) is 23.3 Å². The molecule has 0 aliphatic carbocycles. The van der Waals surface area contributed by atoms with Gasteiger partial charge < -0.3 is 15.6 Å². The average Bonchev–Trinajstić information content (AvgIpc) is 3.61. The van der Waals surface area contributed by atoms with Crippen molar-refractivity contribution in [1.82, 2.24) is 50.4 Å². The second kappa shape index (κ2) is 10.8. The molecule has 0 aliphatic rings. The lowest BCUT2D eigenvalue weighted by molar-refractivity contribution is -0.114. The lowest BCUT2D eigenvalue weighted by Crippen LogP contribution is -2.14. The fraction of sp³-hybridized carbons (Fsp3) is 0.190. The average molecular weight is 537 g/mol. The molecule has 5 rings (SSSR count). The maximum absolute atomic E-state index is 12.3. The first kappa shape index (κ1) is 24.4. The van der Waals surface area contributed by atoms with Gasteiger partial charge in [-0.3, -0.25) is 9.59 Å². The molecule has 16 heteroatoms. The van der Waals surface area contributed by atoms with Crippen LogP contribution in [0.25, 0.3) is 22.4 Å². The van der Waals surface area contributed by atoms with Gasteiger partial charge in [0.1, 0.15) is 5.82 Å². The lowest BCUT2D eigenvalue weighted by atomic mass is 10.2. The number of benzene rings is 2. The smallest absolute Gasteiger partial charge is 0.234 e. The molecule has 2 aromatic carbocycles. The fourth-order valence-electron chi connectivity index (χ4n) is 3.28. The first-order valence-electron chi connectivity index (χ1n) is 10.8. The van der Waals surface area contributed by atoms with Crippen molar-refractivity contribution in [2.45, 2.75) is 10.3 Å². The van der Waals surface area contributed by atoms with Crippen molar-refractivity contribution in [3.63, 3.8) is 0 Å². The van der Waals surface area contributed by atoms with Crippen molar-refractivity contribution in [2.24, 2.45) is 14.1 Å². The highest BCUT2D eigenvalue weighted by Gasteiger charge is 2.11. The predicted molar refractivity (Wildman–Crippen MR) is 138 cm³/mol. The Kier molecular flexibility index (Phi) is 7.09. The number of H-pyrrole nitrogens is 1. The van der Waals surface area contributed by atoms with E-state index in [0.29, 0.717) is 27.5 Å². The Labute approximate surface area is 218 Å². The Bertz CT molecular complexity index is 1560. The molecule has 0 atom stereocenters. The number of rotatable bonds is 9. The number of tetrazole rings is 2. The summed E-state index contributed by atoms with van der Waals surface area (Å²) < 4.78 is 3.02. The minimum Gasteiger partial charge on any atom is -0.338 e. The maximum Gasteiger partial charge on any atom is 0.234 e. The molecular formula is C21H20N12O2S2. The molecule has 14 nitrogen and oxygen atoms in total. The summed E-state index contributed by atoms with van der Waals surface area (Å²) >= 11 is 2.51. The van der Waals surface area contributed by atoms with Crippen LogP contribution in [-0.4, -0.2) is 73.7 Å². The van der Waals surface area contributed by atoms with Gasteiger partial charge in [-0.1, -0.05) is 23.5 Å². The molecule has 0 radical (unpaired) electrons. The van der Waals surface area contributed by atoms with Gasteiger partial charge in [-0.2, -0.15) is 0 Å². The van der Waals surface area contributed by atoms with Crippen LogP contribution in [0.5, 0.6) is 0 Å². The van der Waals surface area contributed by atoms with Crippen LogP contribution >= 0.6 is 23.5 Å². The Morgan fingerprint density at radius 3 is 1.97 bits per heavy atom. The highest BCUT2D eigenvalue weighted by Crippen LogP contribution is 2.25. The molecule has 3 N–H and O–H groups in total. The minimum absolute atomic E-state index is 0.161. The summed E-state index contributed by atoms with van der Waals surface area (Å²) in [4.78, 5) is 32.5. The van der Waals surface area contributed by atoms with Gasteiger partial charge in [-0.25, -0.2) is 14.3 Å². The number of nitrogens with one attached hydrogen (secondary N) is 3. The molecule has 2 amide bonds. The molecule has 0 fully saturated rings. The van der Waals surface area contributed by atoms with Crippen LogP contribution in [-0.2, 0) is 23.7 Å². The number of fused-ring (bicyclic) bond motifs is 1. The number of aromatic nitrogens is 10. The molecule has 0 spiro atoms. The van der Waals surface area contributed by atoms with Crippen LogP contribution in [0.2, 0.25) is 0 Å². The van der Waals surface area contributed by atoms with Gasteiger partial charge in [0.05, 0.1) is 22.5 Å². The molecule has 37 heavy (non-hydrogen) atoms. The Morgan fingerprint density at radius 1 is 0.838 bits per heavy atom. The fourth-order valence-corrected chi connectivity index (χ4v) is 4.58. The third kappa shape index (κ3) is 5.92. The van der Waals surface area contributed by atoms with E-state index in [4.69, 9.17) is 0 Å². The van der Waals surface area contributed by atoms with Crippen LogP contribution in [0.1, 0.15) is 0 Å². The van der Waals surface area contributed by atoms with Gasteiger partial charge in [0.2, 0.25) is 22.1 Å². The molecule has 0 bridgehead atoms. The van der Waals surface area contributed by atoms with E-state index < -0.39 is 0 Å². The summed E-state index contributed by atoms with van der Waals surface area (Å²) in [6, 6.07) is 12.8. The van der Waals surface area contributed by atoms with Crippen molar-refractivity contribution < 1.29 is 9.59 Å². The number of amides is 2. The van der Waals surface area contributed by atoms with Crippen molar-refractivity contribution in [2.75, 3.05) is 22.1 Å². The summed E-state index contributed by atoms with van der Waals surface area (Å²) in [6.45, 7) is 0. The van der Waals surface area contributed by atoms with Crippen molar-refractivity contribution in [3.05, 3.63) is 42.5 Å². The van der Waals surface area contributed by atoms with Crippen molar-refractivity contribution in [3.8, 4) is 11.4 Å². The number of hydrogen-bond acceptors (Lipinski definition) is 11. The second-order valence-corrected chi connectivity index (χ2v) is 9.62. The van der Waals surface area contributed by atoms with Gasteiger partial charge in [0, 0.05) is 31.0 Å². The maximum atomic E-state index is 12.3. The van der Waals surface area contributed by atoms with Gasteiger partial charge in [0.15, 0.2) is 0 Å². The molecule has 3 aromatic heterocycles. The van der Waals surface area contributed by atoms with Gasteiger partial charge in [0.25, 0.3) is 0 Å². The summed E-state index contributed by atoms with van der Waals surface area (Å²) in [5.74, 6) is 0.711. The second-order valence-electron chi connectivity index (χ2n) is 7.74. The molecule has 3 heterocycles. The van der Waals surface area contributed by atoms with Crippen molar-refractivity contribution >= 4 is 57.7 Å². The molecule has 0 saturated carbocycles. The van der Waals surface area contributed by atoms with Crippen LogP contribution in [0.15, 0.2) is 52.8 Å². The lowest BCUT2D eigenvalue weighted by Gasteiger charge is -2.05. The number of hydrogen-bond donors (Lipinski definition) is 3. The third-order valence-electron chi connectivity index (χ3n) is 5.03. The predicted octanol–water partition coefficient (Wildman–Crippen LogP) is 1.74. The summed E-state index contributed by atoms with van der Waals surface area (Å²) in [6.07, 6.45) is 0. The van der Waals surface area contributed by atoms with E-state index in [9.17, 15) is 9.59 Å². The zero-order chi connectivity index (χ0) is 25.8. The normalized spacial score (nSPS) is 11.1. The Hall–Kier alpha value is -4.31. The van der Waals surface area contributed by atoms with E-state index in [2.05, 4.69) is 51.7 Å². The number of carbonyl (C=O) groups excluding carboxylic acids is 2. The number of anilines is 2. The molecule has 0 aliphatic heterocycles. The highest BCUT2D eigenvalue weighted by atomic mass is 32.2. The number of imidazole rings is 1. The van der Waals surface area contributed by atoms with E-state index >= 15 is 0 Å². The minimum atomic E-state index is -0.170. The number of thioether (sulfide) groups is 2. The summed E-state index contributed by atoms with van der Waals surface area (Å²) in [7, 11) is 3.43. The van der Waals surface area contributed by atoms with Crippen LogP contribution in [0.3, 0.4) is 0 Å². The zero-order valence-corrected chi connectivity index (χ0v) is 21.2. The number of nitrogens with zero attached hydrogens (tertiary/aromatic N) is 9.